The minimum absolute atomic E-state index is 0.137. The first-order valence-corrected chi connectivity index (χ1v) is 4.73. The third kappa shape index (κ3) is 4.03. The number of hydrogen-bond acceptors (Lipinski definition) is 3. The van der Waals surface area contributed by atoms with E-state index in [-0.39, 0.29) is 11.8 Å². The second-order valence-corrected chi connectivity index (χ2v) is 3.46. The molecule has 5 heteroatoms. The van der Waals surface area contributed by atoms with Gasteiger partial charge in [-0.1, -0.05) is 6.92 Å². The van der Waals surface area contributed by atoms with E-state index in [1.54, 1.807) is 0 Å². The van der Waals surface area contributed by atoms with Crippen molar-refractivity contribution in [1.29, 1.82) is 0 Å². The molecule has 3 N–H and O–H groups in total. The molecule has 0 spiro atoms. The third-order valence-corrected chi connectivity index (χ3v) is 1.95. The zero-order valence-corrected chi connectivity index (χ0v) is 8.53. The lowest BCUT2D eigenvalue weighted by Crippen LogP contribution is -2.20. The molecule has 82 valence electrons. The van der Waals surface area contributed by atoms with E-state index in [1.165, 1.54) is 18.3 Å². The van der Waals surface area contributed by atoms with Crippen LogP contribution in [0, 0.1) is 11.9 Å². The molecule has 1 atom stereocenters. The smallest absolute Gasteiger partial charge is 0.224 e. The van der Waals surface area contributed by atoms with Crippen molar-refractivity contribution in [1.82, 2.24) is 4.98 Å². The van der Waals surface area contributed by atoms with Crippen LogP contribution in [-0.2, 0) is 4.79 Å². The SMILES string of the molecule is CC(CN)CC(=O)Nc1ccc(F)nc1. The molecule has 1 amide bonds. The molecular weight excluding hydrogens is 197 g/mol. The minimum Gasteiger partial charge on any atom is -0.330 e. The summed E-state index contributed by atoms with van der Waals surface area (Å²) in [6, 6.07) is 2.66. The zero-order chi connectivity index (χ0) is 11.3. The number of halogens is 1. The molecule has 1 aromatic rings. The number of anilines is 1. The zero-order valence-electron chi connectivity index (χ0n) is 8.53. The summed E-state index contributed by atoms with van der Waals surface area (Å²) < 4.78 is 12.4. The van der Waals surface area contributed by atoms with Gasteiger partial charge in [0.2, 0.25) is 11.9 Å². The quantitative estimate of drug-likeness (QED) is 0.734. The predicted molar refractivity (Wildman–Crippen MR) is 55.7 cm³/mol. The largest absolute Gasteiger partial charge is 0.330 e. The van der Waals surface area contributed by atoms with Crippen molar-refractivity contribution in [3.8, 4) is 0 Å². The van der Waals surface area contributed by atoms with Gasteiger partial charge in [-0.05, 0) is 24.6 Å². The Kier molecular flexibility index (Phi) is 4.17. The van der Waals surface area contributed by atoms with E-state index in [4.69, 9.17) is 5.73 Å². The number of pyridine rings is 1. The van der Waals surface area contributed by atoms with Crippen LogP contribution in [0.1, 0.15) is 13.3 Å². The number of rotatable bonds is 4. The van der Waals surface area contributed by atoms with Crippen molar-refractivity contribution in [3.63, 3.8) is 0 Å². The van der Waals surface area contributed by atoms with Crippen molar-refractivity contribution in [2.45, 2.75) is 13.3 Å². The highest BCUT2D eigenvalue weighted by molar-refractivity contribution is 5.90. The second-order valence-electron chi connectivity index (χ2n) is 3.46. The molecule has 0 bridgehead atoms. The normalized spacial score (nSPS) is 12.2. The minimum atomic E-state index is -0.566. The monoisotopic (exact) mass is 211 g/mol. The predicted octanol–water partition coefficient (Wildman–Crippen LogP) is 1.14. The van der Waals surface area contributed by atoms with Crippen LogP contribution in [-0.4, -0.2) is 17.4 Å². The van der Waals surface area contributed by atoms with Gasteiger partial charge in [0.1, 0.15) is 0 Å². The Morgan fingerprint density at radius 2 is 2.40 bits per heavy atom. The van der Waals surface area contributed by atoms with Crippen molar-refractivity contribution >= 4 is 11.6 Å². The molecule has 0 fully saturated rings. The Labute approximate surface area is 87.7 Å². The summed E-state index contributed by atoms with van der Waals surface area (Å²) in [7, 11) is 0. The van der Waals surface area contributed by atoms with E-state index in [0.717, 1.165) is 0 Å². The molecule has 15 heavy (non-hydrogen) atoms. The lowest BCUT2D eigenvalue weighted by Gasteiger charge is -2.08. The summed E-state index contributed by atoms with van der Waals surface area (Å²) in [5.41, 5.74) is 5.88. The Morgan fingerprint density at radius 3 is 2.93 bits per heavy atom. The van der Waals surface area contributed by atoms with Gasteiger partial charge in [-0.2, -0.15) is 4.39 Å². The van der Waals surface area contributed by atoms with Crippen LogP contribution in [0.4, 0.5) is 10.1 Å². The van der Waals surface area contributed by atoms with E-state index in [1.807, 2.05) is 6.92 Å². The number of nitrogens with one attached hydrogen (secondary N) is 1. The highest BCUT2D eigenvalue weighted by Crippen LogP contribution is 2.07. The van der Waals surface area contributed by atoms with E-state index in [2.05, 4.69) is 10.3 Å². The fraction of sp³-hybridized carbons (Fsp3) is 0.400. The van der Waals surface area contributed by atoms with Crippen LogP contribution in [0.3, 0.4) is 0 Å². The van der Waals surface area contributed by atoms with Crippen LogP contribution in [0.5, 0.6) is 0 Å². The highest BCUT2D eigenvalue weighted by Gasteiger charge is 2.07. The average molecular weight is 211 g/mol. The third-order valence-electron chi connectivity index (χ3n) is 1.95. The summed E-state index contributed by atoms with van der Waals surface area (Å²) in [6.07, 6.45) is 1.63. The van der Waals surface area contributed by atoms with Gasteiger partial charge in [-0.15, -0.1) is 0 Å². The Hall–Kier alpha value is -1.49. The summed E-state index contributed by atoms with van der Waals surface area (Å²) in [5.74, 6) is -0.567. The number of carbonyl (C=O) groups excluding carboxylic acids is 1. The molecule has 0 aliphatic carbocycles. The number of aromatic nitrogens is 1. The first-order chi connectivity index (χ1) is 7.11. The lowest BCUT2D eigenvalue weighted by molar-refractivity contribution is -0.116. The first kappa shape index (κ1) is 11.6. The Balaban J connectivity index is 2.48. The number of hydrogen-bond donors (Lipinski definition) is 2. The number of nitrogens with two attached hydrogens (primary N) is 1. The van der Waals surface area contributed by atoms with Crippen molar-refractivity contribution < 1.29 is 9.18 Å². The lowest BCUT2D eigenvalue weighted by atomic mass is 10.1. The molecule has 0 aliphatic rings. The maximum Gasteiger partial charge on any atom is 0.224 e. The molecule has 1 heterocycles. The van der Waals surface area contributed by atoms with Gasteiger partial charge in [0.05, 0.1) is 11.9 Å². The van der Waals surface area contributed by atoms with Gasteiger partial charge in [0.25, 0.3) is 0 Å². The topological polar surface area (TPSA) is 68.0 Å². The van der Waals surface area contributed by atoms with Crippen LogP contribution in [0.15, 0.2) is 18.3 Å². The molecule has 0 aromatic carbocycles. The molecule has 1 unspecified atom stereocenters. The number of carbonyl (C=O) groups is 1. The fourth-order valence-corrected chi connectivity index (χ4v) is 1.06. The van der Waals surface area contributed by atoms with E-state index < -0.39 is 5.95 Å². The first-order valence-electron chi connectivity index (χ1n) is 4.73. The average Bonchev–Trinajstić information content (AvgIpc) is 2.21. The molecule has 1 aromatic heterocycles. The summed E-state index contributed by atoms with van der Waals surface area (Å²) in [5, 5.41) is 2.61. The molecule has 0 saturated heterocycles. The summed E-state index contributed by atoms with van der Waals surface area (Å²) in [6.45, 7) is 2.36. The molecule has 0 saturated carbocycles. The van der Waals surface area contributed by atoms with Crippen molar-refractivity contribution in [3.05, 3.63) is 24.3 Å². The molecule has 1 rings (SSSR count). The Morgan fingerprint density at radius 1 is 1.67 bits per heavy atom. The summed E-state index contributed by atoms with van der Waals surface area (Å²) >= 11 is 0. The van der Waals surface area contributed by atoms with E-state index in [9.17, 15) is 9.18 Å². The molecule has 4 nitrogen and oxygen atoms in total. The van der Waals surface area contributed by atoms with E-state index in [0.29, 0.717) is 18.7 Å². The van der Waals surface area contributed by atoms with E-state index >= 15 is 0 Å². The highest BCUT2D eigenvalue weighted by atomic mass is 19.1. The molecule has 0 radical (unpaired) electrons. The number of amides is 1. The fourth-order valence-electron chi connectivity index (χ4n) is 1.06. The van der Waals surface area contributed by atoms with Gasteiger partial charge in [0.15, 0.2) is 0 Å². The maximum absolute atomic E-state index is 12.4. The van der Waals surface area contributed by atoms with Crippen LogP contribution >= 0.6 is 0 Å². The number of nitrogens with zero attached hydrogens (tertiary/aromatic N) is 1. The van der Waals surface area contributed by atoms with Crippen LogP contribution < -0.4 is 11.1 Å². The van der Waals surface area contributed by atoms with Gasteiger partial charge in [-0.3, -0.25) is 4.79 Å². The van der Waals surface area contributed by atoms with Crippen LogP contribution in [0.2, 0.25) is 0 Å². The second kappa shape index (κ2) is 5.41. The molecule has 0 aliphatic heterocycles. The van der Waals surface area contributed by atoms with Gasteiger partial charge >= 0.3 is 0 Å². The van der Waals surface area contributed by atoms with Gasteiger partial charge in [0, 0.05) is 6.42 Å². The molecular formula is C10H14FN3O. The van der Waals surface area contributed by atoms with Gasteiger partial charge < -0.3 is 11.1 Å². The van der Waals surface area contributed by atoms with Crippen molar-refractivity contribution in [2.24, 2.45) is 11.7 Å². The Bertz CT molecular complexity index is 326. The van der Waals surface area contributed by atoms with Crippen LogP contribution in [0.25, 0.3) is 0 Å². The standard InChI is InChI=1S/C10H14FN3O/c1-7(5-12)4-10(15)14-8-2-3-9(11)13-6-8/h2-3,6-7H,4-5,12H2,1H3,(H,14,15). The summed E-state index contributed by atoms with van der Waals surface area (Å²) in [4.78, 5) is 14.8. The van der Waals surface area contributed by atoms with Gasteiger partial charge in [-0.25, -0.2) is 4.98 Å². The van der Waals surface area contributed by atoms with Crippen molar-refractivity contribution in [2.75, 3.05) is 11.9 Å². The maximum atomic E-state index is 12.4.